The topological polar surface area (TPSA) is 73.1 Å². The van der Waals surface area contributed by atoms with Crippen LogP contribution < -0.4 is 0 Å². The van der Waals surface area contributed by atoms with Crippen molar-refractivity contribution in [1.29, 1.82) is 0 Å². The van der Waals surface area contributed by atoms with E-state index in [4.69, 9.17) is 4.74 Å². The molecule has 2 aromatic rings. The summed E-state index contributed by atoms with van der Waals surface area (Å²) in [5.41, 5.74) is 1.49. The van der Waals surface area contributed by atoms with Crippen molar-refractivity contribution in [3.8, 4) is 0 Å². The maximum absolute atomic E-state index is 12.5. The molecule has 3 heterocycles. The van der Waals surface area contributed by atoms with E-state index in [0.29, 0.717) is 31.1 Å². The molecular formula is C15H19N5O2. The van der Waals surface area contributed by atoms with E-state index in [-0.39, 0.29) is 12.0 Å². The molecule has 0 aromatic carbocycles. The van der Waals surface area contributed by atoms with Gasteiger partial charge in [-0.15, -0.1) is 0 Å². The fourth-order valence-corrected chi connectivity index (χ4v) is 2.44. The van der Waals surface area contributed by atoms with Gasteiger partial charge in [0.25, 0.3) is 5.91 Å². The summed E-state index contributed by atoms with van der Waals surface area (Å²) < 4.78 is 7.47. The maximum Gasteiger partial charge on any atom is 0.257 e. The fraction of sp³-hybridized carbons (Fsp3) is 0.467. The molecule has 0 saturated carbocycles. The van der Waals surface area contributed by atoms with Gasteiger partial charge in [0.1, 0.15) is 6.10 Å². The average molecular weight is 301 g/mol. The summed E-state index contributed by atoms with van der Waals surface area (Å²) in [5, 5.41) is 4.15. The molecule has 0 aliphatic carbocycles. The summed E-state index contributed by atoms with van der Waals surface area (Å²) in [7, 11) is 0. The summed E-state index contributed by atoms with van der Waals surface area (Å²) in [5.74, 6) is 0.599. The molecular weight excluding hydrogens is 282 g/mol. The summed E-state index contributed by atoms with van der Waals surface area (Å²) >= 11 is 0. The third-order valence-electron chi connectivity index (χ3n) is 3.66. The lowest BCUT2D eigenvalue weighted by molar-refractivity contribution is -0.0268. The molecule has 1 atom stereocenters. The van der Waals surface area contributed by atoms with Gasteiger partial charge in [-0.1, -0.05) is 0 Å². The number of morpholine rings is 1. The Morgan fingerprint density at radius 3 is 3.09 bits per heavy atom. The zero-order chi connectivity index (χ0) is 15.5. The van der Waals surface area contributed by atoms with Crippen molar-refractivity contribution in [2.24, 2.45) is 0 Å². The SMILES string of the molecule is CCn1cc(C(=O)N2CCOC(c3nccc(C)n3)C2)cn1. The van der Waals surface area contributed by atoms with Crippen LogP contribution in [0.1, 0.15) is 34.9 Å². The second-order valence-corrected chi connectivity index (χ2v) is 5.25. The van der Waals surface area contributed by atoms with Crippen molar-refractivity contribution in [3.05, 3.63) is 41.7 Å². The van der Waals surface area contributed by atoms with Crippen LogP contribution in [-0.4, -0.2) is 50.3 Å². The second kappa shape index (κ2) is 6.23. The molecule has 1 saturated heterocycles. The van der Waals surface area contributed by atoms with Crippen molar-refractivity contribution < 1.29 is 9.53 Å². The standard InChI is InChI=1S/C15H19N5O2/c1-3-20-9-12(8-17-20)15(21)19-6-7-22-13(10-19)14-16-5-4-11(2)18-14/h4-5,8-9,13H,3,6-7,10H2,1-2H3. The van der Waals surface area contributed by atoms with Crippen LogP contribution in [0, 0.1) is 6.92 Å². The van der Waals surface area contributed by atoms with Gasteiger partial charge in [-0.2, -0.15) is 5.10 Å². The van der Waals surface area contributed by atoms with Gasteiger partial charge in [-0.25, -0.2) is 9.97 Å². The molecule has 1 aliphatic heterocycles. The average Bonchev–Trinajstić information content (AvgIpc) is 3.03. The lowest BCUT2D eigenvalue weighted by Crippen LogP contribution is -2.42. The number of nitrogens with zero attached hydrogens (tertiary/aromatic N) is 5. The Hall–Kier alpha value is -2.28. The number of aromatic nitrogens is 4. The number of hydrogen-bond acceptors (Lipinski definition) is 5. The van der Waals surface area contributed by atoms with Gasteiger partial charge in [0.2, 0.25) is 0 Å². The van der Waals surface area contributed by atoms with Crippen molar-refractivity contribution in [2.75, 3.05) is 19.7 Å². The van der Waals surface area contributed by atoms with Crippen molar-refractivity contribution in [1.82, 2.24) is 24.6 Å². The monoisotopic (exact) mass is 301 g/mol. The molecule has 7 heteroatoms. The summed E-state index contributed by atoms with van der Waals surface area (Å²) in [4.78, 5) is 23.0. The first kappa shape index (κ1) is 14.6. The number of rotatable bonds is 3. The Balaban J connectivity index is 1.73. The van der Waals surface area contributed by atoms with Gasteiger partial charge in [-0.3, -0.25) is 9.48 Å². The van der Waals surface area contributed by atoms with Crippen molar-refractivity contribution in [3.63, 3.8) is 0 Å². The number of ether oxygens (including phenoxy) is 1. The molecule has 7 nitrogen and oxygen atoms in total. The minimum atomic E-state index is -0.279. The van der Waals surface area contributed by atoms with Crippen LogP contribution in [-0.2, 0) is 11.3 Å². The second-order valence-electron chi connectivity index (χ2n) is 5.25. The highest BCUT2D eigenvalue weighted by molar-refractivity contribution is 5.93. The minimum absolute atomic E-state index is 0.0272. The Labute approximate surface area is 128 Å². The van der Waals surface area contributed by atoms with Crippen LogP contribution in [0.15, 0.2) is 24.7 Å². The van der Waals surface area contributed by atoms with Gasteiger partial charge >= 0.3 is 0 Å². The molecule has 1 amide bonds. The lowest BCUT2D eigenvalue weighted by Gasteiger charge is -2.32. The molecule has 0 radical (unpaired) electrons. The van der Waals surface area contributed by atoms with Crippen LogP contribution in [0.5, 0.6) is 0 Å². The van der Waals surface area contributed by atoms with Crippen molar-refractivity contribution >= 4 is 5.91 Å². The number of carbonyl (C=O) groups is 1. The smallest absolute Gasteiger partial charge is 0.257 e. The van der Waals surface area contributed by atoms with E-state index in [1.54, 1.807) is 28.2 Å². The van der Waals surface area contributed by atoms with Gasteiger partial charge in [0, 0.05) is 31.2 Å². The largest absolute Gasteiger partial charge is 0.367 e. The lowest BCUT2D eigenvalue weighted by atomic mass is 10.2. The third-order valence-corrected chi connectivity index (χ3v) is 3.66. The third kappa shape index (κ3) is 2.99. The Bertz CT molecular complexity index is 669. The highest BCUT2D eigenvalue weighted by Crippen LogP contribution is 2.20. The number of aryl methyl sites for hydroxylation is 2. The zero-order valence-electron chi connectivity index (χ0n) is 12.8. The summed E-state index contributed by atoms with van der Waals surface area (Å²) in [6, 6.07) is 1.84. The Morgan fingerprint density at radius 1 is 1.50 bits per heavy atom. The van der Waals surface area contributed by atoms with E-state index >= 15 is 0 Å². The van der Waals surface area contributed by atoms with E-state index in [2.05, 4.69) is 15.1 Å². The van der Waals surface area contributed by atoms with Crippen molar-refractivity contribution in [2.45, 2.75) is 26.5 Å². The number of carbonyl (C=O) groups excluding carboxylic acids is 1. The van der Waals surface area contributed by atoms with E-state index < -0.39 is 0 Å². The molecule has 0 N–H and O–H groups in total. The number of amides is 1. The normalized spacial score (nSPS) is 18.5. The van der Waals surface area contributed by atoms with Crippen LogP contribution in [0.25, 0.3) is 0 Å². The van der Waals surface area contributed by atoms with Gasteiger partial charge in [0.05, 0.1) is 24.9 Å². The molecule has 116 valence electrons. The first-order valence-corrected chi connectivity index (χ1v) is 7.40. The van der Waals surface area contributed by atoms with E-state index in [1.807, 2.05) is 19.9 Å². The van der Waals surface area contributed by atoms with Crippen LogP contribution >= 0.6 is 0 Å². The molecule has 1 aliphatic rings. The quantitative estimate of drug-likeness (QED) is 0.852. The minimum Gasteiger partial charge on any atom is -0.367 e. The van der Waals surface area contributed by atoms with Crippen LogP contribution in [0.2, 0.25) is 0 Å². The van der Waals surface area contributed by atoms with E-state index in [0.717, 1.165) is 12.2 Å². The van der Waals surface area contributed by atoms with E-state index in [1.165, 1.54) is 0 Å². The van der Waals surface area contributed by atoms with E-state index in [9.17, 15) is 4.79 Å². The molecule has 3 rings (SSSR count). The predicted octanol–water partition coefficient (Wildman–Crippen LogP) is 1.22. The van der Waals surface area contributed by atoms with Gasteiger partial charge < -0.3 is 9.64 Å². The molecule has 1 unspecified atom stereocenters. The van der Waals surface area contributed by atoms with Crippen LogP contribution in [0.3, 0.4) is 0 Å². The number of hydrogen-bond donors (Lipinski definition) is 0. The molecule has 2 aromatic heterocycles. The predicted molar refractivity (Wildman–Crippen MR) is 79.3 cm³/mol. The molecule has 0 spiro atoms. The fourth-order valence-electron chi connectivity index (χ4n) is 2.44. The summed E-state index contributed by atoms with van der Waals surface area (Å²) in [6.45, 7) is 6.15. The first-order valence-electron chi connectivity index (χ1n) is 7.40. The zero-order valence-corrected chi connectivity index (χ0v) is 12.8. The maximum atomic E-state index is 12.5. The highest BCUT2D eigenvalue weighted by atomic mass is 16.5. The van der Waals surface area contributed by atoms with Gasteiger partial charge in [-0.05, 0) is 19.9 Å². The Kier molecular flexibility index (Phi) is 4.15. The first-order chi connectivity index (χ1) is 10.7. The highest BCUT2D eigenvalue weighted by Gasteiger charge is 2.28. The summed E-state index contributed by atoms with van der Waals surface area (Å²) in [6.07, 6.45) is 4.82. The van der Waals surface area contributed by atoms with Gasteiger partial charge in [0.15, 0.2) is 5.82 Å². The van der Waals surface area contributed by atoms with Crippen LogP contribution in [0.4, 0.5) is 0 Å². The molecule has 1 fully saturated rings. The molecule has 0 bridgehead atoms. The Morgan fingerprint density at radius 2 is 2.36 bits per heavy atom. The molecule has 22 heavy (non-hydrogen) atoms.